The predicted octanol–water partition coefficient (Wildman–Crippen LogP) is 3.13. The summed E-state index contributed by atoms with van der Waals surface area (Å²) in [6, 6.07) is 6.83. The SMILES string of the molecule is CC(C)C(=O)Nc1ccc2nc(N3CCCC3)cc(C(=O)O)c2c1. The van der Waals surface area contributed by atoms with Gasteiger partial charge in [-0.1, -0.05) is 13.8 Å². The van der Waals surface area contributed by atoms with Crippen LogP contribution in [-0.4, -0.2) is 35.1 Å². The predicted molar refractivity (Wildman–Crippen MR) is 93.6 cm³/mol. The van der Waals surface area contributed by atoms with Gasteiger partial charge in [0.25, 0.3) is 0 Å². The van der Waals surface area contributed by atoms with Gasteiger partial charge in [-0.2, -0.15) is 0 Å². The van der Waals surface area contributed by atoms with E-state index in [1.54, 1.807) is 24.3 Å². The minimum atomic E-state index is -0.991. The zero-order valence-electron chi connectivity index (χ0n) is 13.9. The molecule has 0 atom stereocenters. The smallest absolute Gasteiger partial charge is 0.336 e. The molecule has 1 saturated heterocycles. The lowest BCUT2D eigenvalue weighted by Gasteiger charge is -2.18. The highest BCUT2D eigenvalue weighted by molar-refractivity contribution is 6.05. The molecular formula is C18H21N3O3. The van der Waals surface area contributed by atoms with E-state index >= 15 is 0 Å². The number of anilines is 2. The maximum Gasteiger partial charge on any atom is 0.336 e. The number of nitrogens with one attached hydrogen (secondary N) is 1. The molecule has 6 nitrogen and oxygen atoms in total. The molecule has 1 fully saturated rings. The summed E-state index contributed by atoms with van der Waals surface area (Å²) in [7, 11) is 0. The fourth-order valence-electron chi connectivity index (χ4n) is 2.86. The van der Waals surface area contributed by atoms with Crippen molar-refractivity contribution in [3.05, 3.63) is 29.8 Å². The Balaban J connectivity index is 2.04. The first-order valence-corrected chi connectivity index (χ1v) is 8.19. The van der Waals surface area contributed by atoms with Crippen LogP contribution < -0.4 is 10.2 Å². The third-order valence-electron chi connectivity index (χ3n) is 4.25. The van der Waals surface area contributed by atoms with Gasteiger partial charge in [0.15, 0.2) is 0 Å². The number of amides is 1. The van der Waals surface area contributed by atoms with Crippen LogP contribution in [0.2, 0.25) is 0 Å². The van der Waals surface area contributed by atoms with Gasteiger partial charge in [0.05, 0.1) is 11.1 Å². The molecule has 1 aromatic carbocycles. The fraction of sp³-hybridized carbons (Fsp3) is 0.389. The molecule has 1 aromatic heterocycles. The zero-order chi connectivity index (χ0) is 17.3. The second kappa shape index (κ2) is 6.47. The van der Waals surface area contributed by atoms with Gasteiger partial charge >= 0.3 is 5.97 Å². The molecule has 24 heavy (non-hydrogen) atoms. The van der Waals surface area contributed by atoms with Crippen molar-refractivity contribution < 1.29 is 14.7 Å². The third-order valence-corrected chi connectivity index (χ3v) is 4.25. The normalized spacial score (nSPS) is 14.4. The van der Waals surface area contributed by atoms with Gasteiger partial charge < -0.3 is 15.3 Å². The Morgan fingerprint density at radius 1 is 1.21 bits per heavy atom. The molecule has 0 aliphatic carbocycles. The summed E-state index contributed by atoms with van der Waals surface area (Å²) in [6.45, 7) is 5.42. The van der Waals surface area contributed by atoms with Crippen LogP contribution in [0.15, 0.2) is 24.3 Å². The number of rotatable bonds is 4. The molecule has 2 heterocycles. The lowest BCUT2D eigenvalue weighted by molar-refractivity contribution is -0.118. The number of aromatic carboxylic acids is 1. The summed E-state index contributed by atoms with van der Waals surface area (Å²) >= 11 is 0. The number of carbonyl (C=O) groups excluding carboxylic acids is 1. The summed E-state index contributed by atoms with van der Waals surface area (Å²) < 4.78 is 0. The van der Waals surface area contributed by atoms with E-state index in [2.05, 4.69) is 15.2 Å². The van der Waals surface area contributed by atoms with E-state index in [0.29, 0.717) is 22.4 Å². The number of carboxylic acids is 1. The van der Waals surface area contributed by atoms with Crippen LogP contribution in [0.1, 0.15) is 37.0 Å². The highest BCUT2D eigenvalue weighted by atomic mass is 16.4. The van der Waals surface area contributed by atoms with Crippen molar-refractivity contribution >= 4 is 34.3 Å². The van der Waals surface area contributed by atoms with Crippen LogP contribution in [0.5, 0.6) is 0 Å². The molecule has 0 radical (unpaired) electrons. The highest BCUT2D eigenvalue weighted by Gasteiger charge is 2.19. The van der Waals surface area contributed by atoms with Crippen molar-refractivity contribution in [1.82, 2.24) is 4.98 Å². The molecule has 2 N–H and O–H groups in total. The lowest BCUT2D eigenvalue weighted by Crippen LogP contribution is -2.20. The quantitative estimate of drug-likeness (QED) is 0.901. The van der Waals surface area contributed by atoms with E-state index in [9.17, 15) is 14.7 Å². The van der Waals surface area contributed by atoms with Gasteiger partial charge in [0.1, 0.15) is 5.82 Å². The van der Waals surface area contributed by atoms with Crippen LogP contribution in [0.4, 0.5) is 11.5 Å². The number of fused-ring (bicyclic) bond motifs is 1. The molecule has 0 spiro atoms. The Morgan fingerprint density at radius 2 is 1.92 bits per heavy atom. The van der Waals surface area contributed by atoms with Crippen LogP contribution >= 0.6 is 0 Å². The molecule has 0 bridgehead atoms. The number of pyridine rings is 1. The van der Waals surface area contributed by atoms with E-state index in [1.165, 1.54) is 0 Å². The molecule has 6 heteroatoms. The number of benzene rings is 1. The second-order valence-electron chi connectivity index (χ2n) is 6.40. The van der Waals surface area contributed by atoms with Crippen molar-refractivity contribution in [1.29, 1.82) is 0 Å². The molecule has 0 saturated carbocycles. The number of carbonyl (C=O) groups is 2. The van der Waals surface area contributed by atoms with Gasteiger partial charge in [-0.25, -0.2) is 9.78 Å². The summed E-state index contributed by atoms with van der Waals surface area (Å²) in [5.74, 6) is -0.533. The largest absolute Gasteiger partial charge is 0.478 e. The van der Waals surface area contributed by atoms with E-state index in [-0.39, 0.29) is 17.4 Å². The minimum Gasteiger partial charge on any atom is -0.478 e. The van der Waals surface area contributed by atoms with Crippen molar-refractivity contribution in [3.8, 4) is 0 Å². The number of hydrogen-bond donors (Lipinski definition) is 2. The van der Waals surface area contributed by atoms with Crippen LogP contribution in [0.3, 0.4) is 0 Å². The van der Waals surface area contributed by atoms with Gasteiger partial charge in [-0.15, -0.1) is 0 Å². The highest BCUT2D eigenvalue weighted by Crippen LogP contribution is 2.27. The van der Waals surface area contributed by atoms with Crippen molar-refractivity contribution in [2.24, 2.45) is 5.92 Å². The Hall–Kier alpha value is -2.63. The van der Waals surface area contributed by atoms with Crippen LogP contribution in [-0.2, 0) is 4.79 Å². The second-order valence-corrected chi connectivity index (χ2v) is 6.40. The first kappa shape index (κ1) is 16.2. The molecule has 126 valence electrons. The van der Waals surface area contributed by atoms with E-state index < -0.39 is 5.97 Å². The molecular weight excluding hydrogens is 306 g/mol. The Morgan fingerprint density at radius 3 is 2.54 bits per heavy atom. The van der Waals surface area contributed by atoms with E-state index in [1.807, 2.05) is 13.8 Å². The molecule has 1 amide bonds. The minimum absolute atomic E-state index is 0.104. The van der Waals surface area contributed by atoms with Crippen LogP contribution in [0, 0.1) is 5.92 Å². The Labute approximate surface area is 140 Å². The molecule has 1 aliphatic heterocycles. The maximum absolute atomic E-state index is 11.8. The lowest BCUT2D eigenvalue weighted by atomic mass is 10.1. The van der Waals surface area contributed by atoms with E-state index in [0.717, 1.165) is 25.9 Å². The number of aromatic nitrogens is 1. The first-order valence-electron chi connectivity index (χ1n) is 8.19. The van der Waals surface area contributed by atoms with Gasteiger partial charge in [0, 0.05) is 30.1 Å². The molecule has 1 aliphatic rings. The monoisotopic (exact) mass is 327 g/mol. The maximum atomic E-state index is 11.8. The Bertz CT molecular complexity index is 795. The fourth-order valence-corrected chi connectivity index (χ4v) is 2.86. The molecule has 3 rings (SSSR count). The van der Waals surface area contributed by atoms with Crippen molar-refractivity contribution in [2.45, 2.75) is 26.7 Å². The van der Waals surface area contributed by atoms with Gasteiger partial charge in [0.2, 0.25) is 5.91 Å². The average molecular weight is 327 g/mol. The number of carboxylic acid groups (broad SMARTS) is 1. The zero-order valence-corrected chi connectivity index (χ0v) is 13.9. The first-order chi connectivity index (χ1) is 11.5. The standard InChI is InChI=1S/C18H21N3O3/c1-11(2)17(22)19-12-5-6-15-13(9-12)14(18(23)24)10-16(20-15)21-7-3-4-8-21/h5-6,9-11H,3-4,7-8H2,1-2H3,(H,19,22)(H,23,24). The van der Waals surface area contributed by atoms with E-state index in [4.69, 9.17) is 0 Å². The van der Waals surface area contributed by atoms with Crippen molar-refractivity contribution in [2.75, 3.05) is 23.3 Å². The topological polar surface area (TPSA) is 82.5 Å². The van der Waals surface area contributed by atoms with Gasteiger partial charge in [-0.05, 0) is 37.1 Å². The number of nitrogens with zero attached hydrogens (tertiary/aromatic N) is 2. The summed E-state index contributed by atoms with van der Waals surface area (Å²) in [6.07, 6.45) is 2.20. The Kier molecular flexibility index (Phi) is 4.38. The summed E-state index contributed by atoms with van der Waals surface area (Å²) in [5.41, 5.74) is 1.42. The van der Waals surface area contributed by atoms with Crippen LogP contribution in [0.25, 0.3) is 10.9 Å². The number of hydrogen-bond acceptors (Lipinski definition) is 4. The van der Waals surface area contributed by atoms with Crippen molar-refractivity contribution in [3.63, 3.8) is 0 Å². The average Bonchev–Trinajstić information content (AvgIpc) is 3.08. The molecule has 2 aromatic rings. The third kappa shape index (κ3) is 3.18. The molecule has 0 unspecified atom stereocenters. The summed E-state index contributed by atoms with van der Waals surface area (Å²) in [4.78, 5) is 30.3. The summed E-state index contributed by atoms with van der Waals surface area (Å²) in [5, 5.41) is 12.9. The van der Waals surface area contributed by atoms with Gasteiger partial charge in [-0.3, -0.25) is 4.79 Å².